The van der Waals surface area contributed by atoms with Crippen molar-refractivity contribution in [3.8, 4) is 0 Å². The zero-order valence-electron chi connectivity index (χ0n) is 11.6. The molecule has 0 radical (unpaired) electrons. The zero-order valence-corrected chi connectivity index (χ0v) is 12.4. The molecule has 0 fully saturated rings. The van der Waals surface area contributed by atoms with Gasteiger partial charge >= 0.3 is 0 Å². The normalized spacial score (nSPS) is 11.2. The first-order chi connectivity index (χ1) is 9.21. The summed E-state index contributed by atoms with van der Waals surface area (Å²) in [7, 11) is 1.93. The molecule has 0 aliphatic rings. The van der Waals surface area contributed by atoms with Gasteiger partial charge in [-0.1, -0.05) is 18.5 Å². The highest BCUT2D eigenvalue weighted by Gasteiger charge is 2.15. The summed E-state index contributed by atoms with van der Waals surface area (Å²) in [5.74, 6) is 0. The quantitative estimate of drug-likeness (QED) is 0.882. The maximum absolute atomic E-state index is 6.41. The van der Waals surface area contributed by atoms with E-state index in [0.717, 1.165) is 41.6 Å². The molecule has 6 heteroatoms. The van der Waals surface area contributed by atoms with Crippen molar-refractivity contribution in [2.45, 2.75) is 39.9 Å². The van der Waals surface area contributed by atoms with Crippen LogP contribution in [0.25, 0.3) is 0 Å². The maximum Gasteiger partial charge on any atom is 0.0869 e. The van der Waals surface area contributed by atoms with Crippen LogP contribution in [-0.2, 0) is 26.1 Å². The fourth-order valence-electron chi connectivity index (χ4n) is 2.14. The van der Waals surface area contributed by atoms with E-state index in [4.69, 9.17) is 11.6 Å². The summed E-state index contributed by atoms with van der Waals surface area (Å²) in [6, 6.07) is 2.01. The van der Waals surface area contributed by atoms with Crippen molar-refractivity contribution in [2.75, 3.05) is 7.05 Å². The van der Waals surface area contributed by atoms with Gasteiger partial charge in [-0.2, -0.15) is 10.2 Å². The summed E-state index contributed by atoms with van der Waals surface area (Å²) in [5, 5.41) is 12.8. The Labute approximate surface area is 118 Å². The smallest absolute Gasteiger partial charge is 0.0869 e. The van der Waals surface area contributed by atoms with E-state index in [2.05, 4.69) is 29.4 Å². The fourth-order valence-corrected chi connectivity index (χ4v) is 2.47. The summed E-state index contributed by atoms with van der Waals surface area (Å²) in [6.07, 6.45) is 2.66. The van der Waals surface area contributed by atoms with Crippen LogP contribution in [0.3, 0.4) is 0 Å². The monoisotopic (exact) mass is 281 g/mol. The van der Waals surface area contributed by atoms with Gasteiger partial charge in [0.15, 0.2) is 0 Å². The van der Waals surface area contributed by atoms with Crippen molar-refractivity contribution in [1.29, 1.82) is 0 Å². The molecule has 0 atom stereocenters. The van der Waals surface area contributed by atoms with Crippen LogP contribution in [0.2, 0.25) is 5.02 Å². The summed E-state index contributed by atoms with van der Waals surface area (Å²) in [6.45, 7) is 6.40. The number of hydrogen-bond acceptors (Lipinski definition) is 3. The van der Waals surface area contributed by atoms with Gasteiger partial charge in [0.2, 0.25) is 0 Å². The third-order valence-corrected chi connectivity index (χ3v) is 3.59. The van der Waals surface area contributed by atoms with Crippen molar-refractivity contribution < 1.29 is 0 Å². The van der Waals surface area contributed by atoms with Crippen LogP contribution in [-0.4, -0.2) is 26.6 Å². The molecule has 19 heavy (non-hydrogen) atoms. The Morgan fingerprint density at radius 1 is 1.32 bits per heavy atom. The van der Waals surface area contributed by atoms with Crippen LogP contribution in [0, 0.1) is 0 Å². The Bertz CT molecular complexity index is 543. The Balaban J connectivity index is 2.32. The van der Waals surface area contributed by atoms with Crippen LogP contribution in [0.15, 0.2) is 12.3 Å². The molecule has 0 amide bonds. The second-order valence-corrected chi connectivity index (χ2v) is 4.77. The lowest BCUT2D eigenvalue weighted by Crippen LogP contribution is -2.15. The van der Waals surface area contributed by atoms with Gasteiger partial charge in [0, 0.05) is 19.3 Å². The molecular weight excluding hydrogens is 262 g/mol. The predicted octanol–water partition coefficient (Wildman–Crippen LogP) is 2.08. The molecule has 0 aliphatic heterocycles. The van der Waals surface area contributed by atoms with Crippen LogP contribution in [0.5, 0.6) is 0 Å². The van der Waals surface area contributed by atoms with E-state index in [1.807, 2.05) is 28.7 Å². The van der Waals surface area contributed by atoms with E-state index in [9.17, 15) is 0 Å². The SMILES string of the molecule is CCc1nn(CC)c(Cn2nccc2CNC)c1Cl. The number of nitrogens with one attached hydrogen (secondary N) is 1. The van der Waals surface area contributed by atoms with E-state index < -0.39 is 0 Å². The molecule has 2 aromatic rings. The van der Waals surface area contributed by atoms with Gasteiger partial charge in [-0.15, -0.1) is 0 Å². The molecule has 0 spiro atoms. The third kappa shape index (κ3) is 2.82. The number of halogens is 1. The van der Waals surface area contributed by atoms with Gasteiger partial charge in [0.05, 0.1) is 28.6 Å². The molecule has 2 rings (SSSR count). The standard InChI is InChI=1S/C13H20ClN5/c1-4-11-13(14)12(18(5-2)17-11)9-19-10(8-15-3)6-7-16-19/h6-7,15H,4-5,8-9H2,1-3H3. The van der Waals surface area contributed by atoms with Gasteiger partial charge < -0.3 is 5.32 Å². The van der Waals surface area contributed by atoms with Gasteiger partial charge in [-0.05, 0) is 26.5 Å². The fraction of sp³-hybridized carbons (Fsp3) is 0.538. The highest BCUT2D eigenvalue weighted by Crippen LogP contribution is 2.22. The number of hydrogen-bond donors (Lipinski definition) is 1. The molecule has 0 unspecified atom stereocenters. The van der Waals surface area contributed by atoms with E-state index in [-0.39, 0.29) is 0 Å². The van der Waals surface area contributed by atoms with Gasteiger partial charge in [-0.3, -0.25) is 9.36 Å². The first kappa shape index (κ1) is 14.1. The van der Waals surface area contributed by atoms with Crippen LogP contribution in [0.1, 0.15) is 30.9 Å². The van der Waals surface area contributed by atoms with E-state index >= 15 is 0 Å². The highest BCUT2D eigenvalue weighted by atomic mass is 35.5. The molecule has 0 aromatic carbocycles. The van der Waals surface area contributed by atoms with E-state index in [0.29, 0.717) is 6.54 Å². The largest absolute Gasteiger partial charge is 0.314 e. The minimum absolute atomic E-state index is 0.656. The summed E-state index contributed by atoms with van der Waals surface area (Å²) in [4.78, 5) is 0. The Kier molecular flexibility index (Phi) is 4.61. The van der Waals surface area contributed by atoms with Gasteiger partial charge in [0.25, 0.3) is 0 Å². The first-order valence-electron chi connectivity index (χ1n) is 6.60. The lowest BCUT2D eigenvalue weighted by Gasteiger charge is -2.09. The second-order valence-electron chi connectivity index (χ2n) is 4.39. The van der Waals surface area contributed by atoms with E-state index in [1.165, 1.54) is 0 Å². The van der Waals surface area contributed by atoms with Crippen LogP contribution in [0.4, 0.5) is 0 Å². The predicted molar refractivity (Wildman–Crippen MR) is 76.4 cm³/mol. The van der Waals surface area contributed by atoms with Gasteiger partial charge in [-0.25, -0.2) is 0 Å². The Morgan fingerprint density at radius 3 is 2.74 bits per heavy atom. The maximum atomic E-state index is 6.41. The second kappa shape index (κ2) is 6.21. The van der Waals surface area contributed by atoms with Crippen LogP contribution >= 0.6 is 11.6 Å². The average molecular weight is 282 g/mol. The van der Waals surface area contributed by atoms with Crippen molar-refractivity contribution in [3.63, 3.8) is 0 Å². The van der Waals surface area contributed by atoms with Crippen LogP contribution < -0.4 is 5.32 Å². The third-order valence-electron chi connectivity index (χ3n) is 3.16. The summed E-state index contributed by atoms with van der Waals surface area (Å²) >= 11 is 6.41. The zero-order chi connectivity index (χ0) is 13.8. The number of aryl methyl sites for hydroxylation is 2. The lowest BCUT2D eigenvalue weighted by atomic mass is 10.3. The minimum Gasteiger partial charge on any atom is -0.314 e. The molecule has 1 N–H and O–H groups in total. The minimum atomic E-state index is 0.656. The van der Waals surface area contributed by atoms with Crippen molar-refractivity contribution >= 4 is 11.6 Å². The molecule has 2 heterocycles. The molecule has 0 saturated heterocycles. The molecule has 0 bridgehead atoms. The molecule has 0 saturated carbocycles. The Hall–Kier alpha value is -1.33. The molecule has 104 valence electrons. The first-order valence-corrected chi connectivity index (χ1v) is 6.98. The topological polar surface area (TPSA) is 47.7 Å². The highest BCUT2D eigenvalue weighted by molar-refractivity contribution is 6.31. The average Bonchev–Trinajstić information content (AvgIpc) is 2.97. The van der Waals surface area contributed by atoms with Crippen molar-refractivity contribution in [1.82, 2.24) is 24.9 Å². The molecule has 0 aliphatic carbocycles. The summed E-state index contributed by atoms with van der Waals surface area (Å²) in [5.41, 5.74) is 3.13. The van der Waals surface area contributed by atoms with Crippen molar-refractivity contribution in [3.05, 3.63) is 34.4 Å². The molecule has 5 nitrogen and oxygen atoms in total. The van der Waals surface area contributed by atoms with Gasteiger partial charge in [0.1, 0.15) is 0 Å². The lowest BCUT2D eigenvalue weighted by molar-refractivity contribution is 0.555. The van der Waals surface area contributed by atoms with E-state index in [1.54, 1.807) is 0 Å². The Morgan fingerprint density at radius 2 is 2.11 bits per heavy atom. The molecular formula is C13H20ClN5. The number of nitrogens with zero attached hydrogens (tertiary/aromatic N) is 4. The van der Waals surface area contributed by atoms with Crippen molar-refractivity contribution in [2.24, 2.45) is 0 Å². The molecule has 2 aromatic heterocycles. The number of rotatable bonds is 6. The summed E-state index contributed by atoms with van der Waals surface area (Å²) < 4.78 is 3.93. The number of aromatic nitrogens is 4.